The number of aromatic nitrogens is 1. The van der Waals surface area contributed by atoms with E-state index in [1.54, 1.807) is 11.3 Å². The summed E-state index contributed by atoms with van der Waals surface area (Å²) < 4.78 is 34.0. The second-order valence-electron chi connectivity index (χ2n) is 2.82. The molecule has 0 unspecified atom stereocenters. The average Bonchev–Trinajstić information content (AvgIpc) is 2.57. The number of thiazole rings is 1. The first kappa shape index (κ1) is 13.3. The fourth-order valence-electron chi connectivity index (χ4n) is 1.07. The molecule has 1 heterocycles. The van der Waals surface area contributed by atoms with E-state index >= 15 is 0 Å². The van der Waals surface area contributed by atoms with Crippen LogP contribution in [0.4, 0.5) is 0 Å². The first-order valence-electron chi connectivity index (χ1n) is 4.38. The Balaban J connectivity index is 0.000000221. The van der Waals surface area contributed by atoms with Crippen molar-refractivity contribution < 1.29 is 28.9 Å². The van der Waals surface area contributed by atoms with Gasteiger partial charge < -0.3 is 0 Å². The van der Waals surface area contributed by atoms with Crippen LogP contribution in [0, 0.1) is 10.2 Å². The lowest BCUT2D eigenvalue weighted by molar-refractivity contribution is -1.92. The molecule has 0 aliphatic heterocycles. The van der Waals surface area contributed by atoms with Crippen LogP contribution in [-0.2, 0) is 6.42 Å². The zero-order valence-electron chi connectivity index (χ0n) is 8.42. The van der Waals surface area contributed by atoms with Gasteiger partial charge >= 0.3 is 0 Å². The number of aryl methyl sites for hydroxylation is 1. The van der Waals surface area contributed by atoms with Crippen LogP contribution in [0.15, 0.2) is 24.3 Å². The molecule has 0 fully saturated rings. The molecule has 0 bridgehead atoms. The quantitative estimate of drug-likeness (QED) is 0.691. The van der Waals surface area contributed by atoms with E-state index in [4.69, 9.17) is 18.6 Å². The number of halogens is 1. The summed E-state index contributed by atoms with van der Waals surface area (Å²) in [5.74, 6) is 0. The van der Waals surface area contributed by atoms with Gasteiger partial charge in [0.1, 0.15) is 0 Å². The molecule has 5 nitrogen and oxygen atoms in total. The third-order valence-corrected chi connectivity index (χ3v) is 2.82. The molecule has 0 aliphatic rings. The molecule has 1 N–H and O–H groups in total. The van der Waals surface area contributed by atoms with Crippen molar-refractivity contribution in [1.29, 1.82) is 0 Å². The summed E-state index contributed by atoms with van der Waals surface area (Å²) in [5.41, 5.74) is 1.13. The summed E-state index contributed by atoms with van der Waals surface area (Å²) >= 11 is 1.79. The topological polar surface area (TPSA) is 102 Å². The average molecular weight is 264 g/mol. The van der Waals surface area contributed by atoms with Gasteiger partial charge in [-0.1, -0.05) is 19.1 Å². The summed E-state index contributed by atoms with van der Waals surface area (Å²) in [7, 11) is -4.69. The molecule has 0 amide bonds. The summed E-state index contributed by atoms with van der Waals surface area (Å²) in [4.78, 5) is 4.45. The standard InChI is InChI=1S/C9H9NS.ClHO4/c1-2-9-10-7-5-3-4-6-8(7)11-9;2-1(3,4)5/h3-6H,2H2,1H3;(H,2,3,4,5). The monoisotopic (exact) mass is 263 g/mol. The van der Waals surface area contributed by atoms with Crippen molar-refractivity contribution in [1.82, 2.24) is 4.98 Å². The van der Waals surface area contributed by atoms with Crippen molar-refractivity contribution in [3.8, 4) is 0 Å². The highest BCUT2D eigenvalue weighted by Crippen LogP contribution is 2.21. The number of benzene rings is 1. The van der Waals surface area contributed by atoms with Gasteiger partial charge in [0.05, 0.1) is 30.1 Å². The predicted octanol–water partition coefficient (Wildman–Crippen LogP) is -1.27. The minimum atomic E-state index is -4.69. The van der Waals surface area contributed by atoms with Gasteiger partial charge in [-0.15, -0.1) is 11.3 Å². The van der Waals surface area contributed by atoms with Gasteiger partial charge in [-0.25, -0.2) is 4.98 Å². The van der Waals surface area contributed by atoms with Gasteiger partial charge in [0.2, 0.25) is 0 Å². The maximum Gasteiger partial charge on any atom is 0.0935 e. The largest absolute Gasteiger partial charge is 0.241 e. The fraction of sp³-hybridized carbons (Fsp3) is 0.222. The van der Waals surface area contributed by atoms with E-state index in [9.17, 15) is 0 Å². The van der Waals surface area contributed by atoms with E-state index in [2.05, 4.69) is 30.1 Å². The second kappa shape index (κ2) is 5.53. The summed E-state index contributed by atoms with van der Waals surface area (Å²) in [5, 5.41) is 1.23. The van der Waals surface area contributed by atoms with Crippen LogP contribution in [-0.4, -0.2) is 9.64 Å². The molecule has 0 radical (unpaired) electrons. The van der Waals surface area contributed by atoms with Gasteiger partial charge in [0.15, 0.2) is 0 Å². The minimum absolute atomic E-state index is 1.04. The maximum absolute atomic E-state index is 8.60. The SMILES string of the molecule is CCc1nc2ccccc2s1.[O-][Cl+3]([O-])([O-])O. The Bertz CT molecular complexity index is 415. The van der Waals surface area contributed by atoms with Gasteiger partial charge in [-0.2, -0.15) is 14.0 Å². The van der Waals surface area contributed by atoms with E-state index in [-0.39, 0.29) is 0 Å². The Morgan fingerprint density at radius 3 is 2.38 bits per heavy atom. The summed E-state index contributed by atoms with van der Waals surface area (Å²) in [6, 6.07) is 8.26. The highest BCUT2D eigenvalue weighted by atomic mass is 35.7. The third-order valence-electron chi connectivity index (χ3n) is 1.64. The lowest BCUT2D eigenvalue weighted by Gasteiger charge is -2.03. The van der Waals surface area contributed by atoms with Gasteiger partial charge in [0, 0.05) is 0 Å². The van der Waals surface area contributed by atoms with Crippen LogP contribution in [0.1, 0.15) is 11.9 Å². The maximum atomic E-state index is 8.60. The Morgan fingerprint density at radius 2 is 1.88 bits per heavy atom. The van der Waals surface area contributed by atoms with Crippen molar-refractivity contribution in [2.45, 2.75) is 13.3 Å². The Hall–Kier alpha value is -0.760. The smallest absolute Gasteiger partial charge is 0.0935 e. The van der Waals surface area contributed by atoms with Crippen LogP contribution in [0.25, 0.3) is 10.2 Å². The molecule has 0 saturated carbocycles. The van der Waals surface area contributed by atoms with Gasteiger partial charge in [0.25, 0.3) is 0 Å². The Kier molecular flexibility index (Phi) is 4.60. The molecule has 0 aliphatic carbocycles. The van der Waals surface area contributed by atoms with Crippen LogP contribution in [0.5, 0.6) is 0 Å². The zero-order valence-corrected chi connectivity index (χ0v) is 9.99. The van der Waals surface area contributed by atoms with E-state index < -0.39 is 10.2 Å². The highest BCUT2D eigenvalue weighted by molar-refractivity contribution is 7.18. The second-order valence-corrected chi connectivity index (χ2v) is 4.73. The lowest BCUT2D eigenvalue weighted by atomic mass is 10.3. The van der Waals surface area contributed by atoms with Crippen LogP contribution in [0.3, 0.4) is 0 Å². The van der Waals surface area contributed by atoms with Crippen molar-refractivity contribution in [2.75, 3.05) is 0 Å². The molecule has 7 heteroatoms. The van der Waals surface area contributed by atoms with Crippen molar-refractivity contribution in [3.05, 3.63) is 29.3 Å². The molecule has 0 saturated heterocycles. The Labute approximate surface area is 98.3 Å². The van der Waals surface area contributed by atoms with E-state index in [0.717, 1.165) is 11.9 Å². The zero-order chi connectivity index (χ0) is 12.2. The molecule has 0 atom stereocenters. The summed E-state index contributed by atoms with van der Waals surface area (Å²) in [6.45, 7) is 2.14. The molecular weight excluding hydrogens is 254 g/mol. The van der Waals surface area contributed by atoms with Crippen LogP contribution < -0.4 is 14.0 Å². The van der Waals surface area contributed by atoms with Crippen LogP contribution in [0.2, 0.25) is 0 Å². The van der Waals surface area contributed by atoms with Gasteiger partial charge in [-0.3, -0.25) is 0 Å². The van der Waals surface area contributed by atoms with Crippen molar-refractivity contribution in [2.24, 2.45) is 0 Å². The molecule has 88 valence electrons. The number of para-hydroxylation sites is 1. The number of hydrogen-bond donors (Lipinski definition) is 1. The van der Waals surface area contributed by atoms with E-state index in [1.807, 2.05) is 6.07 Å². The molecule has 1 aromatic carbocycles. The first-order valence-corrected chi connectivity index (χ1v) is 6.46. The lowest BCUT2D eigenvalue weighted by Crippen LogP contribution is -2.58. The fourth-order valence-corrected chi connectivity index (χ4v) is 1.98. The molecule has 1 aromatic heterocycles. The molecular formula is C9H10ClNO4S. The molecule has 0 spiro atoms. The van der Waals surface area contributed by atoms with Gasteiger partial charge in [-0.05, 0) is 18.6 Å². The van der Waals surface area contributed by atoms with Crippen LogP contribution >= 0.6 is 11.3 Å². The molecule has 16 heavy (non-hydrogen) atoms. The van der Waals surface area contributed by atoms with E-state index in [1.165, 1.54) is 9.71 Å². The van der Waals surface area contributed by atoms with Crippen molar-refractivity contribution >= 4 is 21.6 Å². The normalized spacial score (nSPS) is 11.1. The molecule has 2 aromatic rings. The number of fused-ring (bicyclic) bond motifs is 1. The molecule has 2 rings (SSSR count). The third kappa shape index (κ3) is 4.84. The predicted molar refractivity (Wildman–Crippen MR) is 51.2 cm³/mol. The van der Waals surface area contributed by atoms with Crippen molar-refractivity contribution in [3.63, 3.8) is 0 Å². The first-order chi connectivity index (χ1) is 7.40. The number of hydrogen-bond acceptors (Lipinski definition) is 6. The number of nitrogens with zero attached hydrogens (tertiary/aromatic N) is 1. The highest BCUT2D eigenvalue weighted by Gasteiger charge is 1.99. The Morgan fingerprint density at radius 1 is 1.31 bits per heavy atom. The number of rotatable bonds is 1. The minimum Gasteiger partial charge on any atom is -0.241 e. The summed E-state index contributed by atoms with van der Waals surface area (Å²) in [6.07, 6.45) is 1.04. The van der Waals surface area contributed by atoms with E-state index in [0.29, 0.717) is 0 Å².